The first-order valence-electron chi connectivity index (χ1n) is 6.37. The highest BCUT2D eigenvalue weighted by Gasteiger charge is 2.10. The summed E-state index contributed by atoms with van der Waals surface area (Å²) < 4.78 is 10.2. The number of non-ortho nitro benzene ring substituents is 1. The maximum atomic E-state index is 11.1. The zero-order chi connectivity index (χ0) is 15.0. The van der Waals surface area contributed by atoms with Gasteiger partial charge in [0, 0.05) is 12.5 Å². The van der Waals surface area contributed by atoms with Crippen LogP contribution in [0.1, 0.15) is 26.2 Å². The number of carbonyl (C=O) groups excluding carboxylic acids is 1. The minimum atomic E-state index is -0.507. The number of nitrogens with two attached hydrogens (primary N) is 1. The molecule has 0 amide bonds. The van der Waals surface area contributed by atoms with E-state index >= 15 is 0 Å². The molecule has 0 aliphatic rings. The summed E-state index contributed by atoms with van der Waals surface area (Å²) in [6.07, 6.45) is 1.61. The predicted octanol–water partition coefficient (Wildman–Crippen LogP) is 2.29. The van der Waals surface area contributed by atoms with Gasteiger partial charge < -0.3 is 15.2 Å². The number of carbonyl (C=O) groups is 1. The molecule has 1 rings (SSSR count). The first-order valence-corrected chi connectivity index (χ1v) is 6.37. The molecule has 0 spiro atoms. The molecule has 7 heteroatoms. The van der Waals surface area contributed by atoms with Crippen molar-refractivity contribution in [2.24, 2.45) is 0 Å². The minimum Gasteiger partial charge on any atom is -0.491 e. The molecule has 0 aliphatic carbocycles. The topological polar surface area (TPSA) is 105 Å². The molecule has 0 unspecified atom stereocenters. The van der Waals surface area contributed by atoms with Crippen LogP contribution in [0.3, 0.4) is 0 Å². The van der Waals surface area contributed by atoms with Crippen molar-refractivity contribution in [3.8, 4) is 5.75 Å². The van der Waals surface area contributed by atoms with Gasteiger partial charge in [-0.15, -0.1) is 0 Å². The average Bonchev–Trinajstić information content (AvgIpc) is 2.40. The van der Waals surface area contributed by atoms with Gasteiger partial charge in [0.1, 0.15) is 5.75 Å². The number of nitro groups is 1. The van der Waals surface area contributed by atoms with Gasteiger partial charge in [-0.1, -0.05) is 0 Å². The van der Waals surface area contributed by atoms with Gasteiger partial charge >= 0.3 is 5.97 Å². The molecule has 110 valence electrons. The van der Waals surface area contributed by atoms with Crippen molar-refractivity contribution >= 4 is 17.3 Å². The number of hydrogen-bond donors (Lipinski definition) is 1. The molecule has 0 heterocycles. The second kappa shape index (κ2) is 7.98. The normalized spacial score (nSPS) is 10.1. The zero-order valence-corrected chi connectivity index (χ0v) is 11.3. The SMILES string of the molecule is CCOC(=O)CCCCOc1cc([N+](=O)[O-])ccc1N. The van der Waals surface area contributed by atoms with E-state index in [-0.39, 0.29) is 17.4 Å². The highest BCUT2D eigenvalue weighted by atomic mass is 16.6. The highest BCUT2D eigenvalue weighted by Crippen LogP contribution is 2.26. The summed E-state index contributed by atoms with van der Waals surface area (Å²) in [6.45, 7) is 2.47. The van der Waals surface area contributed by atoms with E-state index in [4.69, 9.17) is 15.2 Å². The van der Waals surface area contributed by atoms with Crippen molar-refractivity contribution < 1.29 is 19.2 Å². The monoisotopic (exact) mass is 282 g/mol. The molecule has 7 nitrogen and oxygen atoms in total. The van der Waals surface area contributed by atoms with Gasteiger partial charge in [0.2, 0.25) is 0 Å². The van der Waals surface area contributed by atoms with E-state index in [0.29, 0.717) is 38.2 Å². The molecule has 0 radical (unpaired) electrons. The number of unbranched alkanes of at least 4 members (excludes halogenated alkanes) is 1. The summed E-state index contributed by atoms with van der Waals surface area (Å²) >= 11 is 0. The molecule has 0 fully saturated rings. The van der Waals surface area contributed by atoms with Crippen LogP contribution in [0.25, 0.3) is 0 Å². The molecular weight excluding hydrogens is 264 g/mol. The van der Waals surface area contributed by atoms with Crippen LogP contribution in [0.2, 0.25) is 0 Å². The summed E-state index contributed by atoms with van der Waals surface area (Å²) in [4.78, 5) is 21.2. The van der Waals surface area contributed by atoms with E-state index in [9.17, 15) is 14.9 Å². The summed E-state index contributed by atoms with van der Waals surface area (Å²) in [7, 11) is 0. The van der Waals surface area contributed by atoms with E-state index in [2.05, 4.69) is 0 Å². The van der Waals surface area contributed by atoms with Crippen LogP contribution in [0, 0.1) is 10.1 Å². The van der Waals surface area contributed by atoms with Gasteiger partial charge in [-0.2, -0.15) is 0 Å². The van der Waals surface area contributed by atoms with Crippen molar-refractivity contribution in [2.75, 3.05) is 18.9 Å². The van der Waals surface area contributed by atoms with Gasteiger partial charge in [-0.05, 0) is 25.8 Å². The Morgan fingerprint density at radius 3 is 2.80 bits per heavy atom. The molecule has 2 N–H and O–H groups in total. The first-order chi connectivity index (χ1) is 9.54. The van der Waals surface area contributed by atoms with Crippen molar-refractivity contribution in [3.05, 3.63) is 28.3 Å². The third-order valence-corrected chi connectivity index (χ3v) is 2.55. The van der Waals surface area contributed by atoms with Gasteiger partial charge in [0.15, 0.2) is 0 Å². The number of benzene rings is 1. The number of nitrogen functional groups attached to an aromatic ring is 1. The summed E-state index contributed by atoms with van der Waals surface area (Å²) in [5, 5.41) is 10.6. The van der Waals surface area contributed by atoms with E-state index in [0.717, 1.165) is 0 Å². The number of esters is 1. The van der Waals surface area contributed by atoms with Crippen LogP contribution < -0.4 is 10.5 Å². The molecule has 20 heavy (non-hydrogen) atoms. The molecule has 0 saturated carbocycles. The quantitative estimate of drug-likeness (QED) is 0.258. The van der Waals surface area contributed by atoms with Crippen LogP contribution in [0.15, 0.2) is 18.2 Å². The maximum absolute atomic E-state index is 11.1. The van der Waals surface area contributed by atoms with Crippen LogP contribution in [-0.4, -0.2) is 24.1 Å². The van der Waals surface area contributed by atoms with Crippen molar-refractivity contribution in [2.45, 2.75) is 26.2 Å². The molecular formula is C13H18N2O5. The molecule has 0 aliphatic heterocycles. The predicted molar refractivity (Wildman–Crippen MR) is 73.5 cm³/mol. The van der Waals surface area contributed by atoms with Crippen LogP contribution in [-0.2, 0) is 9.53 Å². The lowest BCUT2D eigenvalue weighted by Crippen LogP contribution is -2.05. The second-order valence-electron chi connectivity index (χ2n) is 4.09. The standard InChI is InChI=1S/C13H18N2O5/c1-2-19-13(16)5-3-4-8-20-12-9-10(15(17)18)6-7-11(12)14/h6-7,9H,2-5,8,14H2,1H3. The van der Waals surface area contributed by atoms with Crippen molar-refractivity contribution in [1.82, 2.24) is 0 Å². The number of nitro benzene ring substituents is 1. The van der Waals surface area contributed by atoms with E-state index in [1.54, 1.807) is 6.92 Å². The molecule has 0 aromatic heterocycles. The number of ether oxygens (including phenoxy) is 2. The zero-order valence-electron chi connectivity index (χ0n) is 11.3. The van der Waals surface area contributed by atoms with Gasteiger partial charge in [-0.3, -0.25) is 14.9 Å². The van der Waals surface area contributed by atoms with Crippen LogP contribution >= 0.6 is 0 Å². The molecule has 0 atom stereocenters. The third kappa shape index (κ3) is 5.13. The second-order valence-corrected chi connectivity index (χ2v) is 4.09. The summed E-state index contributed by atoms with van der Waals surface area (Å²) in [5.74, 6) is 0.0534. The number of hydrogen-bond acceptors (Lipinski definition) is 6. The van der Waals surface area contributed by atoms with Gasteiger partial charge in [-0.25, -0.2) is 0 Å². The first kappa shape index (κ1) is 15.7. The molecule has 1 aromatic rings. The van der Waals surface area contributed by atoms with E-state index in [1.165, 1.54) is 18.2 Å². The fraction of sp³-hybridized carbons (Fsp3) is 0.462. The Kier molecular flexibility index (Phi) is 6.28. The molecule has 1 aromatic carbocycles. The number of anilines is 1. The lowest BCUT2D eigenvalue weighted by molar-refractivity contribution is -0.384. The van der Waals surface area contributed by atoms with E-state index < -0.39 is 4.92 Å². The fourth-order valence-corrected chi connectivity index (χ4v) is 1.55. The van der Waals surface area contributed by atoms with Crippen molar-refractivity contribution in [3.63, 3.8) is 0 Å². The van der Waals surface area contributed by atoms with Crippen LogP contribution in [0.4, 0.5) is 11.4 Å². The Balaban J connectivity index is 2.36. The Bertz CT molecular complexity index is 476. The number of nitrogens with zero attached hydrogens (tertiary/aromatic N) is 1. The largest absolute Gasteiger partial charge is 0.491 e. The number of rotatable bonds is 8. The summed E-state index contributed by atoms with van der Waals surface area (Å²) in [6, 6.07) is 4.05. The van der Waals surface area contributed by atoms with Gasteiger partial charge in [0.05, 0.1) is 29.9 Å². The maximum Gasteiger partial charge on any atom is 0.305 e. The lowest BCUT2D eigenvalue weighted by atomic mass is 10.2. The molecule has 0 saturated heterocycles. The Hall–Kier alpha value is -2.31. The Labute approximate surface area is 116 Å². The highest BCUT2D eigenvalue weighted by molar-refractivity contribution is 5.69. The Morgan fingerprint density at radius 2 is 2.15 bits per heavy atom. The Morgan fingerprint density at radius 1 is 1.40 bits per heavy atom. The van der Waals surface area contributed by atoms with Crippen molar-refractivity contribution in [1.29, 1.82) is 0 Å². The third-order valence-electron chi connectivity index (χ3n) is 2.55. The molecule has 0 bridgehead atoms. The van der Waals surface area contributed by atoms with E-state index in [1.807, 2.05) is 0 Å². The fourth-order valence-electron chi connectivity index (χ4n) is 1.55. The minimum absolute atomic E-state index is 0.0688. The summed E-state index contributed by atoms with van der Waals surface area (Å²) in [5.41, 5.74) is 5.95. The van der Waals surface area contributed by atoms with Gasteiger partial charge in [0.25, 0.3) is 5.69 Å². The lowest BCUT2D eigenvalue weighted by Gasteiger charge is -2.08. The average molecular weight is 282 g/mol. The smallest absolute Gasteiger partial charge is 0.305 e. The van der Waals surface area contributed by atoms with Crippen LogP contribution in [0.5, 0.6) is 5.75 Å².